The van der Waals surface area contributed by atoms with Crippen LogP contribution in [-0.4, -0.2) is 21.8 Å². The zero-order chi connectivity index (χ0) is 15.9. The lowest BCUT2D eigenvalue weighted by molar-refractivity contribution is -0.117. The van der Waals surface area contributed by atoms with Crippen molar-refractivity contribution in [1.82, 2.24) is 4.72 Å². The third-order valence-corrected chi connectivity index (χ3v) is 4.45. The molecular weight excluding hydrogens is 307 g/mol. The maximum absolute atomic E-state index is 14.4. The second kappa shape index (κ2) is 5.42. The third-order valence-electron chi connectivity index (χ3n) is 3.33. The Labute approximate surface area is 129 Å². The lowest BCUT2D eigenvalue weighted by Gasteiger charge is -2.17. The van der Waals surface area contributed by atoms with Crippen LogP contribution in [-0.2, 0) is 16.0 Å². The number of anilines is 1. The number of rotatable bonds is 2. The molecule has 0 bridgehead atoms. The van der Waals surface area contributed by atoms with Gasteiger partial charge in [-0.25, -0.2) is 8.60 Å². The fourth-order valence-corrected chi connectivity index (χ4v) is 3.31. The lowest BCUT2D eigenvalue weighted by Crippen LogP contribution is -2.23. The molecule has 2 aromatic carbocycles. The highest BCUT2D eigenvalue weighted by Gasteiger charge is 2.31. The number of carbonyl (C=O) groups is 1. The van der Waals surface area contributed by atoms with Gasteiger partial charge in [-0.05, 0) is 30.2 Å². The van der Waals surface area contributed by atoms with Gasteiger partial charge in [0, 0.05) is 0 Å². The van der Waals surface area contributed by atoms with E-state index in [1.54, 1.807) is 6.07 Å². The van der Waals surface area contributed by atoms with Crippen molar-refractivity contribution >= 4 is 22.8 Å². The molecule has 1 aliphatic heterocycles. The summed E-state index contributed by atoms with van der Waals surface area (Å²) in [7, 11) is 0. The molecule has 2 N–H and O–H groups in total. The van der Waals surface area contributed by atoms with Crippen molar-refractivity contribution in [3.8, 4) is 16.9 Å². The van der Waals surface area contributed by atoms with Gasteiger partial charge in [0.15, 0.2) is 5.82 Å². The molecular formula is C15H13FN2O3S. The van der Waals surface area contributed by atoms with Crippen LogP contribution in [0.3, 0.4) is 0 Å². The largest absolute Gasteiger partial charge is 0.506 e. The zero-order valence-electron chi connectivity index (χ0n) is 11.7. The zero-order valence-corrected chi connectivity index (χ0v) is 12.5. The highest BCUT2D eigenvalue weighted by molar-refractivity contribution is 7.85. The molecule has 7 heteroatoms. The Morgan fingerprint density at radius 3 is 2.64 bits per heavy atom. The van der Waals surface area contributed by atoms with Crippen LogP contribution >= 0.6 is 0 Å². The topological polar surface area (TPSA) is 69.6 Å². The van der Waals surface area contributed by atoms with E-state index in [-0.39, 0.29) is 18.0 Å². The van der Waals surface area contributed by atoms with Crippen LogP contribution in [0.4, 0.5) is 10.1 Å². The van der Waals surface area contributed by atoms with Crippen molar-refractivity contribution in [1.29, 1.82) is 0 Å². The fourth-order valence-electron chi connectivity index (χ4n) is 2.36. The van der Waals surface area contributed by atoms with E-state index >= 15 is 0 Å². The highest BCUT2D eigenvalue weighted by atomic mass is 32.2. The first kappa shape index (κ1) is 14.5. The average molecular weight is 320 g/mol. The smallest absolute Gasteiger partial charge is 0.253 e. The number of benzene rings is 2. The Morgan fingerprint density at radius 1 is 1.27 bits per heavy atom. The quantitative estimate of drug-likeness (QED) is 0.889. The number of phenols is 1. The van der Waals surface area contributed by atoms with Crippen LogP contribution in [0, 0.1) is 12.7 Å². The summed E-state index contributed by atoms with van der Waals surface area (Å²) in [6, 6.07) is 10.1. The van der Waals surface area contributed by atoms with Crippen molar-refractivity contribution < 1.29 is 18.5 Å². The van der Waals surface area contributed by atoms with Gasteiger partial charge in [-0.15, -0.1) is 0 Å². The van der Waals surface area contributed by atoms with Gasteiger partial charge >= 0.3 is 0 Å². The molecule has 22 heavy (non-hydrogen) atoms. The van der Waals surface area contributed by atoms with Crippen molar-refractivity contribution in [2.45, 2.75) is 6.92 Å². The molecule has 1 atom stereocenters. The normalized spacial score (nSPS) is 17.6. The summed E-state index contributed by atoms with van der Waals surface area (Å²) in [4.78, 5) is 11.2. The Bertz CT molecular complexity index is 771. The van der Waals surface area contributed by atoms with Gasteiger partial charge in [0.05, 0.1) is 0 Å². The van der Waals surface area contributed by atoms with E-state index in [9.17, 15) is 18.5 Å². The first-order valence-corrected chi connectivity index (χ1v) is 7.65. The number of amides is 1. The van der Waals surface area contributed by atoms with E-state index in [2.05, 4.69) is 4.72 Å². The molecule has 3 rings (SSSR count). The predicted octanol–water partition coefficient (Wildman–Crippen LogP) is 2.02. The Morgan fingerprint density at radius 2 is 2.05 bits per heavy atom. The number of hydrogen-bond acceptors (Lipinski definition) is 3. The van der Waals surface area contributed by atoms with Gasteiger partial charge in [0.25, 0.3) is 5.91 Å². The van der Waals surface area contributed by atoms with E-state index < -0.39 is 22.9 Å². The molecule has 1 amide bonds. The number of aryl methyl sites for hydroxylation is 1. The first-order chi connectivity index (χ1) is 10.5. The number of hydrogen-bond donors (Lipinski definition) is 2. The van der Waals surface area contributed by atoms with Crippen LogP contribution in [0.25, 0.3) is 11.1 Å². The van der Waals surface area contributed by atoms with E-state index in [0.717, 1.165) is 15.4 Å². The van der Waals surface area contributed by atoms with Crippen molar-refractivity contribution in [2.75, 3.05) is 10.8 Å². The molecule has 0 aliphatic carbocycles. The molecule has 0 saturated carbocycles. The van der Waals surface area contributed by atoms with Gasteiger partial charge in [-0.1, -0.05) is 29.8 Å². The standard InChI is InChI=1S/C15H13FN2O3S/c1-9-3-2-4-10(5-9)11-6-12(16)15(13(19)7-11)18-8-14(20)17-22(18)21/h2-7,19H,8H2,1H3,(H,17,20). The van der Waals surface area contributed by atoms with Crippen molar-refractivity contribution in [2.24, 2.45) is 0 Å². The number of phenolic OH excluding ortho intramolecular Hbond substituents is 1. The molecule has 2 aromatic rings. The molecule has 1 saturated heterocycles. The SMILES string of the molecule is Cc1cccc(-c2cc(O)c(N3CC(=O)NS3=O)c(F)c2)c1. The highest BCUT2D eigenvalue weighted by Crippen LogP contribution is 2.36. The van der Waals surface area contributed by atoms with Crippen LogP contribution < -0.4 is 9.03 Å². The lowest BCUT2D eigenvalue weighted by atomic mass is 10.0. The molecule has 0 aromatic heterocycles. The molecule has 1 aliphatic rings. The summed E-state index contributed by atoms with van der Waals surface area (Å²) in [5.41, 5.74) is 2.04. The average Bonchev–Trinajstić information content (AvgIpc) is 2.77. The molecule has 5 nitrogen and oxygen atoms in total. The van der Waals surface area contributed by atoms with E-state index in [1.807, 2.05) is 25.1 Å². The second-order valence-electron chi connectivity index (χ2n) is 5.01. The molecule has 0 spiro atoms. The first-order valence-electron chi connectivity index (χ1n) is 6.54. The Balaban J connectivity index is 2.06. The predicted molar refractivity (Wildman–Crippen MR) is 81.9 cm³/mol. The van der Waals surface area contributed by atoms with Gasteiger partial charge in [-0.2, -0.15) is 0 Å². The minimum atomic E-state index is -1.88. The van der Waals surface area contributed by atoms with Crippen molar-refractivity contribution in [3.05, 3.63) is 47.8 Å². The summed E-state index contributed by atoms with van der Waals surface area (Å²) in [5.74, 6) is -1.58. The van der Waals surface area contributed by atoms with Gasteiger partial charge < -0.3 is 5.11 Å². The van der Waals surface area contributed by atoms with E-state index in [4.69, 9.17) is 0 Å². The maximum atomic E-state index is 14.4. The Kier molecular flexibility index (Phi) is 3.58. The van der Waals surface area contributed by atoms with Crippen LogP contribution in [0.1, 0.15) is 5.56 Å². The minimum Gasteiger partial charge on any atom is -0.506 e. The van der Waals surface area contributed by atoms with E-state index in [0.29, 0.717) is 5.56 Å². The summed E-state index contributed by atoms with van der Waals surface area (Å²) in [6.07, 6.45) is 0. The van der Waals surface area contributed by atoms with Crippen LogP contribution in [0.15, 0.2) is 36.4 Å². The summed E-state index contributed by atoms with van der Waals surface area (Å²) < 4.78 is 29.2. The Hall–Kier alpha value is -2.41. The van der Waals surface area contributed by atoms with Gasteiger partial charge in [0.1, 0.15) is 18.0 Å². The molecule has 1 heterocycles. The number of aromatic hydroxyl groups is 1. The van der Waals surface area contributed by atoms with E-state index in [1.165, 1.54) is 12.1 Å². The molecule has 0 radical (unpaired) electrons. The van der Waals surface area contributed by atoms with Crippen LogP contribution in [0.2, 0.25) is 0 Å². The van der Waals surface area contributed by atoms with Crippen molar-refractivity contribution in [3.63, 3.8) is 0 Å². The summed E-state index contributed by atoms with van der Waals surface area (Å²) in [5, 5.41) is 10.1. The molecule has 1 fully saturated rings. The monoisotopic (exact) mass is 320 g/mol. The van der Waals surface area contributed by atoms with Gasteiger partial charge in [0.2, 0.25) is 11.2 Å². The number of halogens is 1. The van der Waals surface area contributed by atoms with Crippen LogP contribution in [0.5, 0.6) is 5.75 Å². The number of nitrogens with zero attached hydrogens (tertiary/aromatic N) is 1. The number of carbonyl (C=O) groups excluding carboxylic acids is 1. The van der Waals surface area contributed by atoms with Gasteiger partial charge in [-0.3, -0.25) is 13.8 Å². The summed E-state index contributed by atoms with van der Waals surface area (Å²) >= 11 is -1.88. The maximum Gasteiger partial charge on any atom is 0.253 e. The number of nitrogens with one attached hydrogen (secondary N) is 1. The molecule has 114 valence electrons. The summed E-state index contributed by atoms with van der Waals surface area (Å²) in [6.45, 7) is 1.65. The molecule has 1 unspecified atom stereocenters. The fraction of sp³-hybridized carbons (Fsp3) is 0.133. The minimum absolute atomic E-state index is 0.243. The third kappa shape index (κ3) is 2.55. The second-order valence-corrected chi connectivity index (χ2v) is 6.15.